The minimum absolute atomic E-state index is 0.121. The summed E-state index contributed by atoms with van der Waals surface area (Å²) in [4.78, 5) is 13.4. The Morgan fingerprint density at radius 1 is 1.00 bits per heavy atom. The number of nitrogens with one attached hydrogen (secondary N) is 2. The van der Waals surface area contributed by atoms with Crippen LogP contribution < -0.4 is 10.0 Å². The standard InChI is InChI=1S/C24H24BrIN2O3S/c1-16(2)21-15-18(25)8-13-22(21)27-24(29)23(14-17-6-4-3-5-7-17)28-32(30,31)20-11-9-19(26)10-12-20/h3-13,15-16,23,28H,14H2,1-2H3,(H,27,29)/t23-/m0/s1. The monoisotopic (exact) mass is 626 g/mol. The Kier molecular flexibility index (Phi) is 8.49. The predicted octanol–water partition coefficient (Wildman–Crippen LogP) is 5.71. The molecule has 2 N–H and O–H groups in total. The average Bonchev–Trinajstić information content (AvgIpc) is 2.75. The van der Waals surface area contributed by atoms with E-state index in [9.17, 15) is 13.2 Å². The second kappa shape index (κ2) is 10.9. The first-order valence-corrected chi connectivity index (χ1v) is 13.4. The minimum atomic E-state index is -3.89. The molecule has 0 aromatic heterocycles. The number of amides is 1. The maximum absolute atomic E-state index is 13.3. The number of anilines is 1. The van der Waals surface area contributed by atoms with Gasteiger partial charge >= 0.3 is 0 Å². The highest BCUT2D eigenvalue weighted by Gasteiger charge is 2.27. The zero-order valence-corrected chi connectivity index (χ0v) is 22.2. The highest BCUT2D eigenvalue weighted by Crippen LogP contribution is 2.28. The third-order valence-corrected chi connectivity index (χ3v) is 7.61. The summed E-state index contributed by atoms with van der Waals surface area (Å²) in [5.41, 5.74) is 2.49. The van der Waals surface area contributed by atoms with E-state index in [2.05, 4.69) is 48.6 Å². The molecule has 0 fully saturated rings. The zero-order valence-electron chi connectivity index (χ0n) is 17.7. The fourth-order valence-electron chi connectivity index (χ4n) is 3.25. The Morgan fingerprint density at radius 2 is 1.66 bits per heavy atom. The first-order chi connectivity index (χ1) is 15.2. The van der Waals surface area contributed by atoms with Crippen molar-refractivity contribution in [2.24, 2.45) is 0 Å². The molecule has 0 aliphatic rings. The van der Waals surface area contributed by atoms with Crippen LogP contribution in [-0.4, -0.2) is 20.4 Å². The summed E-state index contributed by atoms with van der Waals surface area (Å²) in [5.74, 6) is -0.231. The Balaban J connectivity index is 1.90. The largest absolute Gasteiger partial charge is 0.324 e. The SMILES string of the molecule is CC(C)c1cc(Br)ccc1NC(=O)[C@H](Cc1ccccc1)NS(=O)(=O)c1ccc(I)cc1. The van der Waals surface area contributed by atoms with Crippen LogP contribution in [0, 0.1) is 3.57 Å². The van der Waals surface area contributed by atoms with Crippen molar-refractivity contribution in [1.29, 1.82) is 0 Å². The number of hydrogen-bond donors (Lipinski definition) is 2. The number of sulfonamides is 1. The van der Waals surface area contributed by atoms with Crippen molar-refractivity contribution in [3.8, 4) is 0 Å². The second-order valence-corrected chi connectivity index (χ2v) is 11.6. The van der Waals surface area contributed by atoms with E-state index >= 15 is 0 Å². The topological polar surface area (TPSA) is 75.3 Å². The fraction of sp³-hybridized carbons (Fsp3) is 0.208. The lowest BCUT2D eigenvalue weighted by atomic mass is 10.0. The van der Waals surface area contributed by atoms with Crippen LogP contribution in [0.4, 0.5) is 5.69 Å². The van der Waals surface area contributed by atoms with Crippen molar-refractivity contribution in [1.82, 2.24) is 4.72 Å². The lowest BCUT2D eigenvalue weighted by molar-refractivity contribution is -0.117. The summed E-state index contributed by atoms with van der Waals surface area (Å²) in [6.45, 7) is 4.08. The van der Waals surface area contributed by atoms with Crippen molar-refractivity contribution in [2.45, 2.75) is 37.1 Å². The van der Waals surface area contributed by atoms with Gasteiger partial charge in [0.2, 0.25) is 15.9 Å². The van der Waals surface area contributed by atoms with Gasteiger partial charge < -0.3 is 5.32 Å². The normalized spacial score (nSPS) is 12.5. The summed E-state index contributed by atoms with van der Waals surface area (Å²) in [5, 5.41) is 2.93. The number of carbonyl (C=O) groups excluding carboxylic acids is 1. The van der Waals surface area contributed by atoms with Gasteiger partial charge in [0.05, 0.1) is 4.90 Å². The summed E-state index contributed by atoms with van der Waals surface area (Å²) >= 11 is 5.59. The maximum atomic E-state index is 13.3. The van der Waals surface area contributed by atoms with Gasteiger partial charge in [-0.15, -0.1) is 0 Å². The van der Waals surface area contributed by atoms with E-state index in [4.69, 9.17) is 0 Å². The Labute approximate surface area is 211 Å². The molecule has 5 nitrogen and oxygen atoms in total. The van der Waals surface area contributed by atoms with Crippen LogP contribution in [0.3, 0.4) is 0 Å². The molecule has 3 aromatic carbocycles. The highest BCUT2D eigenvalue weighted by molar-refractivity contribution is 14.1. The second-order valence-electron chi connectivity index (χ2n) is 7.69. The van der Waals surface area contributed by atoms with Gasteiger partial charge in [0, 0.05) is 13.7 Å². The van der Waals surface area contributed by atoms with Crippen LogP contribution in [0.2, 0.25) is 0 Å². The third kappa shape index (κ3) is 6.63. The molecular formula is C24H24BrIN2O3S. The molecule has 1 atom stereocenters. The maximum Gasteiger partial charge on any atom is 0.242 e. The number of carbonyl (C=O) groups is 1. The molecule has 8 heteroatoms. The van der Waals surface area contributed by atoms with Gasteiger partial charge in [0.25, 0.3) is 0 Å². The summed E-state index contributed by atoms with van der Waals surface area (Å²) in [7, 11) is -3.89. The number of benzene rings is 3. The summed E-state index contributed by atoms with van der Waals surface area (Å²) in [6.07, 6.45) is 0.226. The van der Waals surface area contributed by atoms with Crippen LogP contribution in [0.25, 0.3) is 0 Å². The van der Waals surface area contributed by atoms with Gasteiger partial charge in [0.15, 0.2) is 0 Å². The molecule has 32 heavy (non-hydrogen) atoms. The molecule has 0 bridgehead atoms. The van der Waals surface area contributed by atoms with Gasteiger partial charge in [-0.05, 0) is 88.5 Å². The number of halogens is 2. The molecule has 0 aliphatic carbocycles. The first-order valence-electron chi connectivity index (χ1n) is 10.1. The molecule has 1 amide bonds. The summed E-state index contributed by atoms with van der Waals surface area (Å²) < 4.78 is 30.5. The number of rotatable bonds is 8. The third-order valence-electron chi connectivity index (χ3n) is 4.91. The highest BCUT2D eigenvalue weighted by atomic mass is 127. The van der Waals surface area contributed by atoms with E-state index in [0.29, 0.717) is 5.69 Å². The summed E-state index contributed by atoms with van der Waals surface area (Å²) in [6, 6.07) is 20.5. The molecule has 0 aliphatic heterocycles. The molecule has 0 radical (unpaired) electrons. The van der Waals surface area contributed by atoms with Crippen molar-refractivity contribution >= 4 is 60.1 Å². The van der Waals surface area contributed by atoms with Crippen LogP contribution in [0.15, 0.2) is 82.2 Å². The average molecular weight is 627 g/mol. The van der Waals surface area contributed by atoms with E-state index in [1.807, 2.05) is 62.4 Å². The van der Waals surface area contributed by atoms with Gasteiger partial charge in [-0.2, -0.15) is 4.72 Å². The van der Waals surface area contributed by atoms with Crippen molar-refractivity contribution < 1.29 is 13.2 Å². The van der Waals surface area contributed by atoms with Gasteiger partial charge in [0.1, 0.15) is 6.04 Å². The van der Waals surface area contributed by atoms with E-state index in [1.165, 1.54) is 12.1 Å². The molecule has 0 heterocycles. The van der Waals surface area contributed by atoms with E-state index in [1.54, 1.807) is 12.1 Å². The first kappa shape index (κ1) is 24.9. The quantitative estimate of drug-likeness (QED) is 0.315. The molecule has 3 rings (SSSR count). The molecular weight excluding hydrogens is 603 g/mol. The van der Waals surface area contributed by atoms with E-state index in [0.717, 1.165) is 19.2 Å². The van der Waals surface area contributed by atoms with Crippen LogP contribution >= 0.6 is 38.5 Å². The zero-order chi connectivity index (χ0) is 23.3. The van der Waals surface area contributed by atoms with Crippen molar-refractivity contribution in [3.05, 3.63) is 92.0 Å². The Hall–Kier alpha value is -1.75. The van der Waals surface area contributed by atoms with E-state index < -0.39 is 22.0 Å². The Bertz CT molecular complexity index is 1180. The lowest BCUT2D eigenvalue weighted by Gasteiger charge is -2.21. The predicted molar refractivity (Wildman–Crippen MR) is 140 cm³/mol. The molecule has 0 spiro atoms. The van der Waals surface area contributed by atoms with Gasteiger partial charge in [-0.3, -0.25) is 4.79 Å². The van der Waals surface area contributed by atoms with Crippen molar-refractivity contribution in [2.75, 3.05) is 5.32 Å². The van der Waals surface area contributed by atoms with Crippen LogP contribution in [0.1, 0.15) is 30.9 Å². The van der Waals surface area contributed by atoms with Crippen molar-refractivity contribution in [3.63, 3.8) is 0 Å². The molecule has 168 valence electrons. The van der Waals surface area contributed by atoms with Gasteiger partial charge in [-0.25, -0.2) is 8.42 Å². The Morgan fingerprint density at radius 3 is 2.28 bits per heavy atom. The lowest BCUT2D eigenvalue weighted by Crippen LogP contribution is -2.45. The van der Waals surface area contributed by atoms with E-state index in [-0.39, 0.29) is 17.2 Å². The minimum Gasteiger partial charge on any atom is -0.324 e. The molecule has 0 saturated heterocycles. The van der Waals surface area contributed by atoms with Crippen LogP contribution in [0.5, 0.6) is 0 Å². The van der Waals surface area contributed by atoms with Gasteiger partial charge in [-0.1, -0.05) is 60.1 Å². The molecule has 3 aromatic rings. The number of hydrogen-bond acceptors (Lipinski definition) is 3. The fourth-order valence-corrected chi connectivity index (χ4v) is 5.19. The smallest absolute Gasteiger partial charge is 0.242 e. The molecule has 0 saturated carbocycles. The molecule has 0 unspecified atom stereocenters. The van der Waals surface area contributed by atoms with Crippen LogP contribution in [-0.2, 0) is 21.2 Å².